The Kier molecular flexibility index (Phi) is 5.84. The maximum absolute atomic E-state index is 12.9. The van der Waals surface area contributed by atoms with Gasteiger partial charge in [0.05, 0.1) is 11.3 Å². The van der Waals surface area contributed by atoms with E-state index in [-0.39, 0.29) is 11.5 Å². The molecule has 6 nitrogen and oxygen atoms in total. The van der Waals surface area contributed by atoms with Crippen molar-refractivity contribution in [2.24, 2.45) is 0 Å². The molecule has 5 rings (SSSR count). The van der Waals surface area contributed by atoms with Crippen LogP contribution in [0.15, 0.2) is 71.7 Å². The molecule has 1 fully saturated rings. The lowest BCUT2D eigenvalue weighted by molar-refractivity contribution is 0.0950. The Hall–Kier alpha value is -3.64. The molecule has 1 atom stereocenters. The first kappa shape index (κ1) is 21.2. The van der Waals surface area contributed by atoms with Crippen molar-refractivity contribution in [2.75, 3.05) is 20.1 Å². The SMILES string of the molecule is CN1CCCC1CCNC(=O)c1ccc2[nH]c(-c3ccc[nH]c3=O)c(-c3ccccc3)c2c1. The fourth-order valence-electron chi connectivity index (χ4n) is 4.86. The molecule has 0 saturated carbocycles. The van der Waals surface area contributed by atoms with Crippen molar-refractivity contribution in [1.82, 2.24) is 20.2 Å². The van der Waals surface area contributed by atoms with Crippen LogP contribution in [0.25, 0.3) is 33.3 Å². The van der Waals surface area contributed by atoms with Crippen LogP contribution >= 0.6 is 0 Å². The molecule has 1 amide bonds. The summed E-state index contributed by atoms with van der Waals surface area (Å²) in [5, 5.41) is 4.01. The number of likely N-dealkylation sites (tertiary alicyclic amines) is 1. The zero-order valence-corrected chi connectivity index (χ0v) is 18.7. The minimum atomic E-state index is -0.156. The third kappa shape index (κ3) is 4.22. The lowest BCUT2D eigenvalue weighted by atomic mass is 9.98. The van der Waals surface area contributed by atoms with E-state index in [9.17, 15) is 9.59 Å². The first-order chi connectivity index (χ1) is 16.1. The molecule has 168 valence electrons. The van der Waals surface area contributed by atoms with Crippen LogP contribution in [0.1, 0.15) is 29.6 Å². The molecular weight excluding hydrogens is 412 g/mol. The van der Waals surface area contributed by atoms with E-state index in [1.807, 2.05) is 60.7 Å². The van der Waals surface area contributed by atoms with Crippen LogP contribution < -0.4 is 10.9 Å². The van der Waals surface area contributed by atoms with Gasteiger partial charge in [0.25, 0.3) is 11.5 Å². The number of fused-ring (bicyclic) bond motifs is 1. The molecule has 4 aromatic rings. The normalized spacial score (nSPS) is 16.3. The van der Waals surface area contributed by atoms with Gasteiger partial charge in [-0.3, -0.25) is 9.59 Å². The summed E-state index contributed by atoms with van der Waals surface area (Å²) < 4.78 is 0. The van der Waals surface area contributed by atoms with Crippen molar-refractivity contribution < 1.29 is 4.79 Å². The summed E-state index contributed by atoms with van der Waals surface area (Å²) >= 11 is 0. The number of aromatic amines is 2. The Balaban J connectivity index is 1.50. The molecule has 1 aliphatic rings. The molecule has 1 unspecified atom stereocenters. The number of carbonyl (C=O) groups excluding carboxylic acids is 1. The van der Waals surface area contributed by atoms with Crippen molar-refractivity contribution in [2.45, 2.75) is 25.3 Å². The number of nitrogens with one attached hydrogen (secondary N) is 3. The number of hydrogen-bond donors (Lipinski definition) is 3. The molecule has 1 aliphatic heterocycles. The topological polar surface area (TPSA) is 81.0 Å². The molecule has 0 spiro atoms. The number of aromatic nitrogens is 2. The van der Waals surface area contributed by atoms with Crippen molar-refractivity contribution in [3.63, 3.8) is 0 Å². The lowest BCUT2D eigenvalue weighted by Gasteiger charge is -2.19. The monoisotopic (exact) mass is 440 g/mol. The van der Waals surface area contributed by atoms with Crippen molar-refractivity contribution in [1.29, 1.82) is 0 Å². The lowest BCUT2D eigenvalue weighted by Crippen LogP contribution is -2.31. The predicted molar refractivity (Wildman–Crippen MR) is 132 cm³/mol. The van der Waals surface area contributed by atoms with E-state index in [2.05, 4.69) is 27.2 Å². The highest BCUT2D eigenvalue weighted by Gasteiger charge is 2.21. The van der Waals surface area contributed by atoms with Gasteiger partial charge in [-0.15, -0.1) is 0 Å². The highest BCUT2D eigenvalue weighted by atomic mass is 16.1. The number of rotatable bonds is 6. The smallest absolute Gasteiger partial charge is 0.257 e. The fraction of sp³-hybridized carbons (Fsp3) is 0.259. The summed E-state index contributed by atoms with van der Waals surface area (Å²) in [7, 11) is 2.15. The maximum atomic E-state index is 12.9. The number of nitrogens with zero attached hydrogens (tertiary/aromatic N) is 1. The van der Waals surface area contributed by atoms with Gasteiger partial charge in [0, 0.05) is 40.8 Å². The second-order valence-corrected chi connectivity index (χ2v) is 8.74. The number of carbonyl (C=O) groups is 1. The Morgan fingerprint density at radius 2 is 1.97 bits per heavy atom. The van der Waals surface area contributed by atoms with Gasteiger partial charge in [-0.1, -0.05) is 30.3 Å². The number of pyridine rings is 1. The molecule has 3 N–H and O–H groups in total. The Morgan fingerprint density at radius 3 is 2.73 bits per heavy atom. The fourth-order valence-corrected chi connectivity index (χ4v) is 4.86. The van der Waals surface area contributed by atoms with E-state index >= 15 is 0 Å². The van der Waals surface area contributed by atoms with Crippen molar-refractivity contribution in [3.05, 3.63) is 82.8 Å². The molecule has 1 saturated heterocycles. The summed E-state index contributed by atoms with van der Waals surface area (Å²) in [5.74, 6) is -0.0723. The largest absolute Gasteiger partial charge is 0.354 e. The molecule has 6 heteroatoms. The first-order valence-electron chi connectivity index (χ1n) is 11.5. The van der Waals surface area contributed by atoms with E-state index in [0.717, 1.165) is 40.7 Å². The van der Waals surface area contributed by atoms with E-state index in [1.165, 1.54) is 12.8 Å². The summed E-state index contributed by atoms with van der Waals surface area (Å²) in [4.78, 5) is 34.0. The Labute approximate surface area is 192 Å². The second-order valence-electron chi connectivity index (χ2n) is 8.74. The van der Waals surface area contributed by atoms with Gasteiger partial charge >= 0.3 is 0 Å². The van der Waals surface area contributed by atoms with Gasteiger partial charge in [-0.05, 0) is 68.8 Å². The molecule has 3 heterocycles. The highest BCUT2D eigenvalue weighted by Crippen LogP contribution is 2.37. The van der Waals surface area contributed by atoms with Gasteiger partial charge in [0.2, 0.25) is 0 Å². The second kappa shape index (κ2) is 9.08. The van der Waals surface area contributed by atoms with Gasteiger partial charge in [0.15, 0.2) is 0 Å². The van der Waals surface area contributed by atoms with Crippen LogP contribution in [0.2, 0.25) is 0 Å². The van der Waals surface area contributed by atoms with Gasteiger partial charge < -0.3 is 20.2 Å². The first-order valence-corrected chi connectivity index (χ1v) is 11.5. The van der Waals surface area contributed by atoms with E-state index in [4.69, 9.17) is 0 Å². The molecule has 0 aliphatic carbocycles. The average molecular weight is 441 g/mol. The van der Waals surface area contributed by atoms with Crippen molar-refractivity contribution >= 4 is 16.8 Å². The summed E-state index contributed by atoms with van der Waals surface area (Å²) in [6.07, 6.45) is 5.02. The van der Waals surface area contributed by atoms with E-state index in [1.54, 1.807) is 6.20 Å². The van der Waals surface area contributed by atoms with Gasteiger partial charge in [-0.2, -0.15) is 0 Å². The van der Waals surface area contributed by atoms with Crippen LogP contribution in [0, 0.1) is 0 Å². The Morgan fingerprint density at radius 1 is 1.12 bits per heavy atom. The van der Waals surface area contributed by atoms with Crippen LogP contribution in [-0.2, 0) is 0 Å². The van der Waals surface area contributed by atoms with Crippen LogP contribution in [0.4, 0.5) is 0 Å². The van der Waals surface area contributed by atoms with Crippen LogP contribution in [0.3, 0.4) is 0 Å². The van der Waals surface area contributed by atoms with E-state index in [0.29, 0.717) is 23.7 Å². The number of hydrogen-bond acceptors (Lipinski definition) is 3. The van der Waals surface area contributed by atoms with Crippen LogP contribution in [-0.4, -0.2) is 47.0 Å². The highest BCUT2D eigenvalue weighted by molar-refractivity contribution is 6.07. The van der Waals surface area contributed by atoms with E-state index < -0.39 is 0 Å². The zero-order valence-electron chi connectivity index (χ0n) is 18.7. The predicted octanol–water partition coefficient (Wildman–Crippen LogP) is 4.40. The number of benzene rings is 2. The quantitative estimate of drug-likeness (QED) is 0.416. The molecule has 2 aromatic carbocycles. The standard InChI is InChI=1S/C27H28N4O2/c1-31-16-6-9-20(31)13-15-29-26(32)19-11-12-23-22(17-19)24(18-7-3-2-4-8-18)25(30-23)21-10-5-14-28-27(21)33/h2-5,7-8,10-12,14,17,20,30H,6,9,13,15-16H2,1H3,(H,28,33)(H,29,32). The molecule has 0 radical (unpaired) electrons. The van der Waals surface area contributed by atoms with Crippen LogP contribution in [0.5, 0.6) is 0 Å². The third-order valence-corrected chi connectivity index (χ3v) is 6.65. The minimum absolute atomic E-state index is 0.0723. The Bertz CT molecular complexity index is 1340. The summed E-state index contributed by atoms with van der Waals surface area (Å²) in [5.41, 5.74) is 4.58. The average Bonchev–Trinajstić information content (AvgIpc) is 3.42. The van der Waals surface area contributed by atoms with Gasteiger partial charge in [-0.25, -0.2) is 0 Å². The minimum Gasteiger partial charge on any atom is -0.354 e. The maximum Gasteiger partial charge on any atom is 0.257 e. The number of H-pyrrole nitrogens is 2. The molecule has 2 aromatic heterocycles. The zero-order chi connectivity index (χ0) is 22.8. The molecule has 0 bridgehead atoms. The molecule has 33 heavy (non-hydrogen) atoms. The third-order valence-electron chi connectivity index (χ3n) is 6.65. The summed E-state index contributed by atoms with van der Waals surface area (Å²) in [6.45, 7) is 1.80. The van der Waals surface area contributed by atoms with Crippen molar-refractivity contribution in [3.8, 4) is 22.4 Å². The summed E-state index contributed by atoms with van der Waals surface area (Å²) in [6, 6.07) is 19.8. The number of amides is 1. The van der Waals surface area contributed by atoms with Gasteiger partial charge in [0.1, 0.15) is 0 Å². The molecular formula is C27H28N4O2.